The van der Waals surface area contributed by atoms with Crippen LogP contribution in [0.5, 0.6) is 5.75 Å². The number of allylic oxidation sites excluding steroid dienone is 3. The molecule has 8 heteroatoms. The van der Waals surface area contributed by atoms with Crippen molar-refractivity contribution < 1.29 is 38.4 Å². The molecule has 0 saturated heterocycles. The van der Waals surface area contributed by atoms with Crippen molar-refractivity contribution in [3.63, 3.8) is 0 Å². The molecule has 1 aliphatic carbocycles. The maximum Gasteiger partial charge on any atom is 0.344 e. The molecular weight excluding hydrogens is 524 g/mol. The monoisotopic (exact) mass is 552 g/mol. The van der Waals surface area contributed by atoms with Crippen molar-refractivity contribution in [1.29, 1.82) is 0 Å². The number of hydrogen-bond donors (Lipinski definition) is 1. The van der Waals surface area contributed by atoms with Gasteiger partial charge >= 0.3 is 5.97 Å². The predicted molar refractivity (Wildman–Crippen MR) is 150 cm³/mol. The first kappa shape index (κ1) is 29.0. The van der Waals surface area contributed by atoms with E-state index in [9.17, 15) is 19.5 Å². The highest BCUT2D eigenvalue weighted by Gasteiger charge is 2.13. The quantitative estimate of drug-likeness (QED) is 0.129. The van der Waals surface area contributed by atoms with Gasteiger partial charge in [-0.1, -0.05) is 66.4 Å². The van der Waals surface area contributed by atoms with Crippen molar-refractivity contribution in [1.82, 2.24) is 0 Å². The van der Waals surface area contributed by atoms with Crippen LogP contribution < -0.4 is 4.74 Å². The minimum Gasteiger partial charge on any atom is -0.483 e. The maximum atomic E-state index is 12.4. The van der Waals surface area contributed by atoms with Gasteiger partial charge in [-0.25, -0.2) is 4.79 Å². The summed E-state index contributed by atoms with van der Waals surface area (Å²) in [6, 6.07) is 24.3. The second-order valence-electron chi connectivity index (χ2n) is 8.82. The summed E-state index contributed by atoms with van der Waals surface area (Å²) in [5.41, 5.74) is 7.57. The normalized spacial score (nSPS) is 12.6. The van der Waals surface area contributed by atoms with Gasteiger partial charge in [0, 0.05) is 16.7 Å². The number of carbonyl (C=O) groups is 3. The van der Waals surface area contributed by atoms with Crippen LogP contribution in [0.1, 0.15) is 26.3 Å². The molecule has 0 fully saturated rings. The molecule has 0 radical (unpaired) electrons. The largest absolute Gasteiger partial charge is 0.483 e. The molecule has 208 valence electrons. The van der Waals surface area contributed by atoms with Gasteiger partial charge in [-0.2, -0.15) is 0 Å². The summed E-state index contributed by atoms with van der Waals surface area (Å²) in [5, 5.41) is 10.1. The number of benzene rings is 3. The van der Waals surface area contributed by atoms with Crippen LogP contribution in [-0.4, -0.2) is 61.8 Å². The zero-order valence-electron chi connectivity index (χ0n) is 22.2. The molecule has 0 amide bonds. The van der Waals surface area contributed by atoms with E-state index in [1.54, 1.807) is 84.9 Å². The van der Waals surface area contributed by atoms with Crippen LogP contribution in [0.15, 0.2) is 120 Å². The number of ether oxygens (including phenoxy) is 4. The van der Waals surface area contributed by atoms with E-state index in [1.807, 2.05) is 12.1 Å². The Balaban J connectivity index is 1.08. The molecule has 3 aromatic rings. The first-order valence-corrected chi connectivity index (χ1v) is 12.9. The van der Waals surface area contributed by atoms with E-state index < -0.39 is 12.1 Å². The summed E-state index contributed by atoms with van der Waals surface area (Å²) in [6.45, 7) is -0.322. The van der Waals surface area contributed by atoms with Crippen LogP contribution in [0.4, 0.5) is 0 Å². The van der Waals surface area contributed by atoms with Crippen LogP contribution >= 0.6 is 0 Å². The first-order valence-electron chi connectivity index (χ1n) is 12.9. The highest BCUT2D eigenvalue weighted by atomic mass is 16.6. The van der Waals surface area contributed by atoms with Gasteiger partial charge in [0.25, 0.3) is 0 Å². The van der Waals surface area contributed by atoms with Gasteiger partial charge in [-0.05, 0) is 42.1 Å². The molecule has 0 heterocycles. The average Bonchev–Trinajstić information content (AvgIpc) is 3.03. The number of rotatable bonds is 15. The fourth-order valence-corrected chi connectivity index (χ4v) is 3.64. The number of Topliss-reactive ketones (excluding diaryl/α,β-unsaturated/α-hetero) is 1. The lowest BCUT2D eigenvalue weighted by molar-refractivity contribution is -0.147. The Morgan fingerprint density at radius 3 is 1.95 bits per heavy atom. The van der Waals surface area contributed by atoms with Crippen molar-refractivity contribution in [2.45, 2.75) is 6.10 Å². The molecule has 0 bridgehead atoms. The topological polar surface area (TPSA) is 108 Å². The third kappa shape index (κ3) is 9.04. The minimum absolute atomic E-state index is 0.0140. The highest BCUT2D eigenvalue weighted by Crippen LogP contribution is 2.16. The Kier molecular flexibility index (Phi) is 10.6. The van der Waals surface area contributed by atoms with E-state index in [4.69, 9.17) is 18.9 Å². The lowest BCUT2D eigenvalue weighted by Crippen LogP contribution is -2.23. The van der Waals surface area contributed by atoms with Gasteiger partial charge in [0.15, 0.2) is 18.1 Å². The second-order valence-corrected chi connectivity index (χ2v) is 8.82. The standard InChI is InChI=1S/C33H28O8/c34-28(22-40-29-15-11-26(12-16-29)32(36)24-7-3-1-4-8-24)21-38-19-20-39-31(35)23-41-30-17-13-27(14-18-30)33(37)25-9-5-2-6-10-25/h1-11,13-15,17-18,28,34H,19-23H2. The van der Waals surface area contributed by atoms with E-state index in [0.29, 0.717) is 33.8 Å². The molecule has 1 atom stereocenters. The Morgan fingerprint density at radius 2 is 1.32 bits per heavy atom. The van der Waals surface area contributed by atoms with Gasteiger partial charge in [0.2, 0.25) is 5.78 Å². The predicted octanol–water partition coefficient (Wildman–Crippen LogP) is 4.25. The molecule has 8 nitrogen and oxygen atoms in total. The molecule has 0 saturated carbocycles. The smallest absolute Gasteiger partial charge is 0.344 e. The molecular formula is C33H28O8. The summed E-state index contributed by atoms with van der Waals surface area (Å²) in [5.74, 6) is -0.0860. The van der Waals surface area contributed by atoms with Crippen LogP contribution in [0.2, 0.25) is 0 Å². The van der Waals surface area contributed by atoms with Crippen LogP contribution in [-0.2, 0) is 19.0 Å². The third-order valence-corrected chi connectivity index (χ3v) is 5.74. The van der Waals surface area contributed by atoms with Gasteiger partial charge in [0.1, 0.15) is 25.1 Å². The molecule has 0 aliphatic heterocycles. The lowest BCUT2D eigenvalue weighted by Gasteiger charge is -2.13. The van der Waals surface area contributed by atoms with Crippen LogP contribution in [0.3, 0.4) is 0 Å². The summed E-state index contributed by atoms with van der Waals surface area (Å²) >= 11 is 0. The van der Waals surface area contributed by atoms with Crippen molar-refractivity contribution in [3.05, 3.63) is 137 Å². The third-order valence-electron chi connectivity index (χ3n) is 5.74. The molecule has 3 aromatic carbocycles. The molecule has 1 N–H and O–H groups in total. The van der Waals surface area contributed by atoms with Gasteiger partial charge in [-0.15, -0.1) is 0 Å². The molecule has 1 aliphatic rings. The SMILES string of the molecule is O=C(COc1ccc(C(=O)c2ccccc2)cc1)OCCOCC(O)COC1=C=C=C(C(=O)c2ccccc2)C=C1. The Hall–Kier alpha value is -4.97. The van der Waals surface area contributed by atoms with Gasteiger partial charge in [-0.3, -0.25) is 9.59 Å². The first-order chi connectivity index (χ1) is 20.0. The molecule has 41 heavy (non-hydrogen) atoms. The summed E-state index contributed by atoms with van der Waals surface area (Å²) < 4.78 is 21.3. The fourth-order valence-electron chi connectivity index (χ4n) is 3.64. The molecule has 1 unspecified atom stereocenters. The number of aliphatic hydroxyl groups excluding tert-OH is 1. The number of carbonyl (C=O) groups excluding carboxylic acids is 3. The number of hydrogen-bond acceptors (Lipinski definition) is 8. The summed E-state index contributed by atoms with van der Waals surface area (Å²) in [7, 11) is 0. The Labute approximate surface area is 237 Å². The fraction of sp³-hybridized carbons (Fsp3) is 0.182. The Morgan fingerprint density at radius 1 is 0.683 bits per heavy atom. The molecule has 0 aromatic heterocycles. The summed E-state index contributed by atoms with van der Waals surface area (Å²) in [6.07, 6.45) is 2.25. The Bertz CT molecular complexity index is 1480. The van der Waals surface area contributed by atoms with E-state index in [1.165, 1.54) is 0 Å². The second kappa shape index (κ2) is 15.0. The zero-order chi connectivity index (χ0) is 28.9. The van der Waals surface area contributed by atoms with E-state index in [0.717, 1.165) is 0 Å². The van der Waals surface area contributed by atoms with Crippen molar-refractivity contribution in [2.75, 3.05) is 33.0 Å². The van der Waals surface area contributed by atoms with Crippen molar-refractivity contribution in [2.24, 2.45) is 0 Å². The zero-order valence-corrected chi connectivity index (χ0v) is 22.2. The lowest BCUT2D eigenvalue weighted by atomic mass is 10.0. The minimum atomic E-state index is -0.926. The van der Waals surface area contributed by atoms with Crippen molar-refractivity contribution >= 4 is 17.5 Å². The number of ketones is 2. The summed E-state index contributed by atoms with van der Waals surface area (Å²) in [4.78, 5) is 36.8. The molecule has 4 rings (SSSR count). The van der Waals surface area contributed by atoms with Crippen LogP contribution in [0, 0.1) is 0 Å². The van der Waals surface area contributed by atoms with Crippen LogP contribution in [0.25, 0.3) is 0 Å². The van der Waals surface area contributed by atoms with Crippen molar-refractivity contribution in [3.8, 4) is 5.75 Å². The van der Waals surface area contributed by atoms with E-state index in [2.05, 4.69) is 11.5 Å². The van der Waals surface area contributed by atoms with E-state index >= 15 is 0 Å². The van der Waals surface area contributed by atoms with E-state index in [-0.39, 0.29) is 44.6 Å². The average molecular weight is 553 g/mol. The number of aliphatic hydroxyl groups is 1. The van der Waals surface area contributed by atoms with Gasteiger partial charge < -0.3 is 24.1 Å². The maximum absolute atomic E-state index is 12.4. The van der Waals surface area contributed by atoms with Gasteiger partial charge in [0.05, 0.1) is 18.8 Å². The number of esters is 1. The highest BCUT2D eigenvalue weighted by molar-refractivity contribution is 6.10. The molecule has 0 spiro atoms.